The van der Waals surface area contributed by atoms with E-state index in [1.165, 1.54) is 5.56 Å². The van der Waals surface area contributed by atoms with Gasteiger partial charge in [0.25, 0.3) is 0 Å². The summed E-state index contributed by atoms with van der Waals surface area (Å²) >= 11 is 5.71. The van der Waals surface area contributed by atoms with E-state index in [0.29, 0.717) is 6.54 Å². The maximum absolute atomic E-state index is 5.35. The number of aryl methyl sites for hydroxylation is 1. The summed E-state index contributed by atoms with van der Waals surface area (Å²) < 4.78 is 9.36. The van der Waals surface area contributed by atoms with Gasteiger partial charge in [0, 0.05) is 21.8 Å². The van der Waals surface area contributed by atoms with Crippen molar-refractivity contribution in [1.82, 2.24) is 9.78 Å². The van der Waals surface area contributed by atoms with Gasteiger partial charge in [0.05, 0.1) is 13.7 Å². The van der Waals surface area contributed by atoms with Crippen molar-refractivity contribution >= 4 is 38.5 Å². The van der Waals surface area contributed by atoms with Gasteiger partial charge in [0.2, 0.25) is 0 Å². The van der Waals surface area contributed by atoms with Crippen LogP contribution in [0.15, 0.2) is 28.9 Å². The smallest absolute Gasteiger partial charge is 0.126 e. The Bertz CT molecular complexity index is 520. The lowest BCUT2D eigenvalue weighted by molar-refractivity contribution is 0.407. The van der Waals surface area contributed by atoms with E-state index in [-0.39, 0.29) is 0 Å². The molecule has 0 fully saturated rings. The van der Waals surface area contributed by atoms with Gasteiger partial charge in [-0.2, -0.15) is 5.10 Å². The summed E-state index contributed by atoms with van der Waals surface area (Å²) in [6.07, 6.45) is 2.04. The van der Waals surface area contributed by atoms with Gasteiger partial charge >= 0.3 is 0 Å². The van der Waals surface area contributed by atoms with Gasteiger partial charge in [-0.05, 0) is 47.7 Å². The highest BCUT2D eigenvalue weighted by atomic mass is 127. The van der Waals surface area contributed by atoms with Crippen LogP contribution in [-0.2, 0) is 6.54 Å². The van der Waals surface area contributed by atoms with Crippen molar-refractivity contribution < 1.29 is 4.74 Å². The molecule has 1 aromatic carbocycles. The monoisotopic (exact) mass is 406 g/mol. The van der Waals surface area contributed by atoms with Crippen LogP contribution >= 0.6 is 38.5 Å². The van der Waals surface area contributed by atoms with Crippen molar-refractivity contribution in [3.8, 4) is 5.75 Å². The Kier molecular flexibility index (Phi) is 4.09. The predicted octanol–water partition coefficient (Wildman–Crippen LogP) is 3.62. The minimum Gasteiger partial charge on any atom is -0.496 e. The Labute approximate surface area is 122 Å². The molecule has 0 saturated heterocycles. The summed E-state index contributed by atoms with van der Waals surface area (Å²) in [4.78, 5) is 0. The highest BCUT2D eigenvalue weighted by Crippen LogP contribution is 2.24. The number of halogens is 2. The van der Waals surface area contributed by atoms with Crippen LogP contribution in [0.4, 0.5) is 0 Å². The molecule has 0 aliphatic heterocycles. The molecule has 0 atom stereocenters. The van der Waals surface area contributed by atoms with Crippen molar-refractivity contribution in [2.75, 3.05) is 7.11 Å². The number of benzene rings is 1. The molecule has 0 aliphatic rings. The van der Waals surface area contributed by atoms with E-state index in [1.807, 2.05) is 23.0 Å². The Morgan fingerprint density at radius 2 is 2.24 bits per heavy atom. The van der Waals surface area contributed by atoms with Gasteiger partial charge < -0.3 is 4.74 Å². The highest BCUT2D eigenvalue weighted by molar-refractivity contribution is 14.1. The molecule has 0 radical (unpaired) electrons. The number of methoxy groups -OCH3 is 1. The van der Waals surface area contributed by atoms with Gasteiger partial charge in [-0.25, -0.2) is 0 Å². The molecular formula is C12H12BrIN2O. The molecule has 0 N–H and O–H groups in total. The van der Waals surface area contributed by atoms with Crippen LogP contribution in [0.25, 0.3) is 0 Å². The molecule has 1 aromatic heterocycles. The molecule has 0 saturated carbocycles. The summed E-state index contributed by atoms with van der Waals surface area (Å²) in [5.74, 6) is 0.886. The van der Waals surface area contributed by atoms with E-state index in [9.17, 15) is 0 Å². The summed E-state index contributed by atoms with van der Waals surface area (Å²) in [6.45, 7) is 2.77. The predicted molar refractivity (Wildman–Crippen MR) is 79.5 cm³/mol. The first-order chi connectivity index (χ1) is 8.10. The summed E-state index contributed by atoms with van der Waals surface area (Å²) in [7, 11) is 1.69. The van der Waals surface area contributed by atoms with Crippen LogP contribution < -0.4 is 4.74 Å². The van der Waals surface area contributed by atoms with E-state index < -0.39 is 0 Å². The summed E-state index contributed by atoms with van der Waals surface area (Å²) in [5, 5.41) is 4.44. The number of rotatable bonds is 3. The van der Waals surface area contributed by atoms with Gasteiger partial charge in [-0.3, -0.25) is 4.68 Å². The fraction of sp³-hybridized carbons (Fsp3) is 0.250. The van der Waals surface area contributed by atoms with Crippen molar-refractivity contribution in [2.45, 2.75) is 13.5 Å². The number of aromatic nitrogens is 2. The molecule has 0 amide bonds. The number of ether oxygens (including phenoxy) is 1. The topological polar surface area (TPSA) is 27.1 Å². The normalized spacial score (nSPS) is 10.6. The SMILES string of the molecule is COc1ccc(Br)cc1Cn1cc(C)c(I)n1. The Hall–Kier alpha value is -0.560. The molecule has 0 spiro atoms. The molecule has 1 heterocycles. The first-order valence-electron chi connectivity index (χ1n) is 5.12. The van der Waals surface area contributed by atoms with Gasteiger partial charge in [0.15, 0.2) is 0 Å². The zero-order chi connectivity index (χ0) is 12.4. The van der Waals surface area contributed by atoms with E-state index >= 15 is 0 Å². The van der Waals surface area contributed by atoms with Crippen molar-refractivity contribution in [2.24, 2.45) is 0 Å². The average molecular weight is 407 g/mol. The van der Waals surface area contributed by atoms with Crippen LogP contribution in [-0.4, -0.2) is 16.9 Å². The fourth-order valence-corrected chi connectivity index (χ4v) is 2.45. The lowest BCUT2D eigenvalue weighted by Gasteiger charge is -2.09. The second kappa shape index (κ2) is 5.39. The van der Waals surface area contributed by atoms with E-state index in [1.54, 1.807) is 7.11 Å². The summed E-state index contributed by atoms with van der Waals surface area (Å²) in [6, 6.07) is 5.99. The maximum atomic E-state index is 5.35. The van der Waals surface area contributed by atoms with Crippen LogP contribution in [0, 0.1) is 10.6 Å². The molecule has 17 heavy (non-hydrogen) atoms. The second-order valence-electron chi connectivity index (χ2n) is 3.76. The van der Waals surface area contributed by atoms with Gasteiger partial charge in [-0.1, -0.05) is 15.9 Å². The molecule has 2 aromatic rings. The lowest BCUT2D eigenvalue weighted by Crippen LogP contribution is -2.02. The third kappa shape index (κ3) is 3.01. The van der Waals surface area contributed by atoms with E-state index in [0.717, 1.165) is 19.5 Å². The first-order valence-corrected chi connectivity index (χ1v) is 6.99. The molecular weight excluding hydrogens is 395 g/mol. The molecule has 90 valence electrons. The largest absolute Gasteiger partial charge is 0.496 e. The minimum absolute atomic E-state index is 0.715. The quantitative estimate of drug-likeness (QED) is 0.728. The molecule has 0 bridgehead atoms. The van der Waals surface area contributed by atoms with Crippen LogP contribution in [0.1, 0.15) is 11.1 Å². The summed E-state index contributed by atoms with van der Waals surface area (Å²) in [5.41, 5.74) is 2.31. The number of hydrogen-bond donors (Lipinski definition) is 0. The first kappa shape index (κ1) is 12.9. The Morgan fingerprint density at radius 3 is 2.82 bits per heavy atom. The zero-order valence-electron chi connectivity index (χ0n) is 9.58. The van der Waals surface area contributed by atoms with Crippen molar-refractivity contribution in [3.05, 3.63) is 43.7 Å². The van der Waals surface area contributed by atoms with E-state index in [4.69, 9.17) is 4.74 Å². The average Bonchev–Trinajstić information content (AvgIpc) is 2.58. The van der Waals surface area contributed by atoms with Crippen molar-refractivity contribution in [3.63, 3.8) is 0 Å². The second-order valence-corrected chi connectivity index (χ2v) is 5.69. The number of hydrogen-bond acceptors (Lipinski definition) is 2. The van der Waals surface area contributed by atoms with Gasteiger partial charge in [-0.15, -0.1) is 0 Å². The maximum Gasteiger partial charge on any atom is 0.126 e. The lowest BCUT2D eigenvalue weighted by atomic mass is 10.2. The molecule has 5 heteroatoms. The van der Waals surface area contributed by atoms with Crippen LogP contribution in [0.2, 0.25) is 0 Å². The van der Waals surface area contributed by atoms with E-state index in [2.05, 4.69) is 56.6 Å². The Balaban J connectivity index is 2.31. The third-order valence-corrected chi connectivity index (χ3v) is 4.02. The molecule has 0 unspecified atom stereocenters. The van der Waals surface area contributed by atoms with Crippen LogP contribution in [0.3, 0.4) is 0 Å². The molecule has 3 nitrogen and oxygen atoms in total. The van der Waals surface area contributed by atoms with Gasteiger partial charge in [0.1, 0.15) is 9.45 Å². The van der Waals surface area contributed by atoms with Crippen LogP contribution in [0.5, 0.6) is 5.75 Å². The minimum atomic E-state index is 0.715. The zero-order valence-corrected chi connectivity index (χ0v) is 13.3. The standard InChI is InChI=1S/C12H12BrIN2O/c1-8-6-16(15-12(8)14)7-9-5-10(13)3-4-11(9)17-2/h3-6H,7H2,1-2H3. The number of nitrogens with zero attached hydrogens (tertiary/aromatic N) is 2. The highest BCUT2D eigenvalue weighted by Gasteiger charge is 2.07. The molecule has 0 aliphatic carbocycles. The van der Waals surface area contributed by atoms with Crippen molar-refractivity contribution in [1.29, 1.82) is 0 Å². The third-order valence-electron chi connectivity index (χ3n) is 2.46. The Morgan fingerprint density at radius 1 is 1.47 bits per heavy atom. The fourth-order valence-electron chi connectivity index (χ4n) is 1.62. The molecule has 2 rings (SSSR count).